The van der Waals surface area contributed by atoms with E-state index in [2.05, 4.69) is 19.2 Å². The summed E-state index contributed by atoms with van der Waals surface area (Å²) in [6.45, 7) is 4.66. The van der Waals surface area contributed by atoms with Gasteiger partial charge in [0.15, 0.2) is 6.61 Å². The van der Waals surface area contributed by atoms with Gasteiger partial charge >= 0.3 is 0 Å². The normalized spacial score (nSPS) is 16.2. The molecule has 0 saturated heterocycles. The number of ether oxygens (including phenoxy) is 1. The van der Waals surface area contributed by atoms with E-state index in [1.165, 1.54) is 0 Å². The Morgan fingerprint density at radius 3 is 2.54 bits per heavy atom. The minimum absolute atomic E-state index is 0.0205. The molecule has 2 aromatic carbocycles. The van der Waals surface area contributed by atoms with Gasteiger partial charge in [-0.1, -0.05) is 38.1 Å². The van der Waals surface area contributed by atoms with Crippen molar-refractivity contribution in [2.45, 2.75) is 20.0 Å². The fourth-order valence-electron chi connectivity index (χ4n) is 3.04. The zero-order valence-electron chi connectivity index (χ0n) is 14.9. The Balaban J connectivity index is 1.88. The number of anilines is 1. The first kappa shape index (κ1) is 17.8. The molecule has 0 bridgehead atoms. The van der Waals surface area contributed by atoms with Gasteiger partial charge in [-0.15, -0.1) is 0 Å². The maximum Gasteiger partial charge on any atom is 0.257 e. The Bertz CT molecular complexity index is 802. The summed E-state index contributed by atoms with van der Waals surface area (Å²) in [5, 5.41) is 3.46. The van der Waals surface area contributed by atoms with Gasteiger partial charge in [-0.3, -0.25) is 9.59 Å². The van der Waals surface area contributed by atoms with Crippen molar-refractivity contribution in [1.82, 2.24) is 4.90 Å². The van der Waals surface area contributed by atoms with E-state index in [1.807, 2.05) is 41.3 Å². The van der Waals surface area contributed by atoms with E-state index in [9.17, 15) is 9.59 Å². The van der Waals surface area contributed by atoms with Crippen molar-refractivity contribution in [3.8, 4) is 5.75 Å². The molecule has 0 radical (unpaired) electrons. The van der Waals surface area contributed by atoms with Crippen LogP contribution < -0.4 is 15.8 Å². The SMILES string of the molecule is CC(C)CN1C(=O)c2ccccc2NC1c1ccc(OCC(N)=O)cc1. The molecule has 1 unspecified atom stereocenters. The highest BCUT2D eigenvalue weighted by atomic mass is 16.5. The number of hydrogen-bond acceptors (Lipinski definition) is 4. The van der Waals surface area contributed by atoms with E-state index in [0.29, 0.717) is 23.8 Å². The molecule has 0 fully saturated rings. The number of primary amides is 1. The van der Waals surface area contributed by atoms with Crippen molar-refractivity contribution in [2.24, 2.45) is 11.7 Å². The highest BCUT2D eigenvalue weighted by Gasteiger charge is 2.32. The lowest BCUT2D eigenvalue weighted by atomic mass is 10.0. The maximum atomic E-state index is 13.0. The average molecular weight is 353 g/mol. The van der Waals surface area contributed by atoms with Crippen LogP contribution in [0.1, 0.15) is 35.9 Å². The molecular formula is C20H23N3O3. The monoisotopic (exact) mass is 353 g/mol. The molecule has 136 valence electrons. The van der Waals surface area contributed by atoms with Gasteiger partial charge in [0.25, 0.3) is 11.8 Å². The lowest BCUT2D eigenvalue weighted by molar-refractivity contribution is -0.119. The first-order valence-electron chi connectivity index (χ1n) is 8.63. The number of carbonyl (C=O) groups excluding carboxylic acids is 2. The lowest BCUT2D eigenvalue weighted by Crippen LogP contribution is -2.44. The molecule has 0 aliphatic carbocycles. The summed E-state index contributed by atoms with van der Waals surface area (Å²) in [5.74, 6) is 0.401. The fourth-order valence-corrected chi connectivity index (χ4v) is 3.04. The van der Waals surface area contributed by atoms with Crippen molar-refractivity contribution in [2.75, 3.05) is 18.5 Å². The van der Waals surface area contributed by atoms with E-state index in [-0.39, 0.29) is 18.7 Å². The average Bonchev–Trinajstić information content (AvgIpc) is 2.62. The minimum Gasteiger partial charge on any atom is -0.484 e. The highest BCUT2D eigenvalue weighted by molar-refractivity contribution is 6.01. The van der Waals surface area contributed by atoms with Crippen LogP contribution in [0.4, 0.5) is 5.69 Å². The fraction of sp³-hybridized carbons (Fsp3) is 0.300. The summed E-state index contributed by atoms with van der Waals surface area (Å²) < 4.78 is 5.30. The third-order valence-corrected chi connectivity index (χ3v) is 4.16. The van der Waals surface area contributed by atoms with Crippen molar-refractivity contribution < 1.29 is 14.3 Å². The first-order valence-corrected chi connectivity index (χ1v) is 8.63. The molecule has 3 N–H and O–H groups in total. The van der Waals surface area contributed by atoms with E-state index in [0.717, 1.165) is 11.3 Å². The zero-order chi connectivity index (χ0) is 18.7. The number of fused-ring (bicyclic) bond motifs is 1. The van der Waals surface area contributed by atoms with E-state index in [1.54, 1.807) is 12.1 Å². The summed E-state index contributed by atoms with van der Waals surface area (Å²) in [6.07, 6.45) is -0.259. The second kappa shape index (κ2) is 7.47. The van der Waals surface area contributed by atoms with Gasteiger partial charge in [0.05, 0.1) is 5.56 Å². The molecular weight excluding hydrogens is 330 g/mol. The first-order chi connectivity index (χ1) is 12.5. The molecule has 1 aliphatic rings. The lowest BCUT2D eigenvalue weighted by Gasteiger charge is -2.39. The number of para-hydroxylation sites is 1. The van der Waals surface area contributed by atoms with Gasteiger partial charge in [0.2, 0.25) is 0 Å². The number of nitrogens with zero attached hydrogens (tertiary/aromatic N) is 1. The molecule has 2 aromatic rings. The zero-order valence-corrected chi connectivity index (χ0v) is 14.9. The van der Waals surface area contributed by atoms with Crippen molar-refractivity contribution in [1.29, 1.82) is 0 Å². The van der Waals surface area contributed by atoms with Crippen molar-refractivity contribution >= 4 is 17.5 Å². The van der Waals surface area contributed by atoms with Crippen LogP contribution in [-0.4, -0.2) is 29.9 Å². The van der Waals surface area contributed by atoms with Crippen LogP contribution in [0.3, 0.4) is 0 Å². The smallest absolute Gasteiger partial charge is 0.257 e. The van der Waals surface area contributed by atoms with Crippen molar-refractivity contribution in [3.63, 3.8) is 0 Å². The third-order valence-electron chi connectivity index (χ3n) is 4.16. The molecule has 0 aromatic heterocycles. The summed E-state index contributed by atoms with van der Waals surface area (Å²) in [6, 6.07) is 14.9. The number of rotatable bonds is 6. The number of nitrogens with two attached hydrogens (primary N) is 1. The van der Waals surface area contributed by atoms with Crippen LogP contribution in [0, 0.1) is 5.92 Å². The molecule has 1 aliphatic heterocycles. The predicted octanol–water partition coefficient (Wildman–Crippen LogP) is 2.77. The summed E-state index contributed by atoms with van der Waals surface area (Å²) >= 11 is 0. The molecule has 1 atom stereocenters. The van der Waals surface area contributed by atoms with E-state index < -0.39 is 5.91 Å². The number of benzene rings is 2. The van der Waals surface area contributed by atoms with Crippen LogP contribution in [-0.2, 0) is 4.79 Å². The Morgan fingerprint density at radius 1 is 1.19 bits per heavy atom. The van der Waals surface area contributed by atoms with Gasteiger partial charge in [-0.2, -0.15) is 0 Å². The maximum absolute atomic E-state index is 13.0. The molecule has 1 heterocycles. The number of amides is 2. The summed E-state index contributed by atoms with van der Waals surface area (Å²) in [4.78, 5) is 25.7. The van der Waals surface area contributed by atoms with Crippen LogP contribution in [0.25, 0.3) is 0 Å². The number of nitrogens with one attached hydrogen (secondary N) is 1. The standard InChI is InChI=1S/C20H23N3O3/c1-13(2)11-23-19(22-17-6-4-3-5-16(17)20(23)25)14-7-9-15(10-8-14)26-12-18(21)24/h3-10,13,19,22H,11-12H2,1-2H3,(H2,21,24). The van der Waals surface area contributed by atoms with E-state index in [4.69, 9.17) is 10.5 Å². The quantitative estimate of drug-likeness (QED) is 0.836. The molecule has 2 amide bonds. The van der Waals surface area contributed by atoms with Gasteiger partial charge in [-0.25, -0.2) is 0 Å². The van der Waals surface area contributed by atoms with Gasteiger partial charge in [0.1, 0.15) is 11.9 Å². The number of hydrogen-bond donors (Lipinski definition) is 2. The minimum atomic E-state index is -0.520. The molecule has 6 heteroatoms. The van der Waals surface area contributed by atoms with Gasteiger partial charge in [-0.05, 0) is 35.7 Å². The topological polar surface area (TPSA) is 84.7 Å². The molecule has 26 heavy (non-hydrogen) atoms. The largest absolute Gasteiger partial charge is 0.484 e. The van der Waals surface area contributed by atoms with Gasteiger partial charge in [0, 0.05) is 12.2 Å². The van der Waals surface area contributed by atoms with Crippen LogP contribution in [0.5, 0.6) is 5.75 Å². The molecule has 0 saturated carbocycles. The Hall–Kier alpha value is -3.02. The van der Waals surface area contributed by atoms with Crippen LogP contribution in [0.2, 0.25) is 0 Å². The molecule has 6 nitrogen and oxygen atoms in total. The second-order valence-electron chi connectivity index (χ2n) is 6.77. The van der Waals surface area contributed by atoms with Crippen molar-refractivity contribution in [3.05, 3.63) is 59.7 Å². The Kier molecular flexibility index (Phi) is 5.11. The highest BCUT2D eigenvalue weighted by Crippen LogP contribution is 2.34. The summed E-state index contributed by atoms with van der Waals surface area (Å²) in [7, 11) is 0. The van der Waals surface area contributed by atoms with Crippen LogP contribution >= 0.6 is 0 Å². The Morgan fingerprint density at radius 2 is 1.88 bits per heavy atom. The summed E-state index contributed by atoms with van der Waals surface area (Å²) in [5.41, 5.74) is 7.55. The van der Waals surface area contributed by atoms with E-state index >= 15 is 0 Å². The third kappa shape index (κ3) is 3.79. The predicted molar refractivity (Wildman–Crippen MR) is 99.8 cm³/mol. The number of carbonyl (C=O) groups is 2. The van der Waals surface area contributed by atoms with Crippen LogP contribution in [0.15, 0.2) is 48.5 Å². The Labute approximate surface area is 152 Å². The second-order valence-corrected chi connectivity index (χ2v) is 6.77. The van der Waals surface area contributed by atoms with Gasteiger partial charge < -0.3 is 20.7 Å². The molecule has 3 rings (SSSR count). The molecule has 0 spiro atoms.